The SMILES string of the molecule is Oc1cc2oc3c(O)c(O)c(O)cc3c2cc1O. The molecule has 0 aliphatic carbocycles. The topological polar surface area (TPSA) is 114 Å². The molecule has 0 fully saturated rings. The van der Waals surface area contributed by atoms with Crippen molar-refractivity contribution in [2.45, 2.75) is 0 Å². The van der Waals surface area contributed by atoms with Crippen LogP contribution in [0.4, 0.5) is 0 Å². The van der Waals surface area contributed by atoms with Gasteiger partial charge in [-0.2, -0.15) is 0 Å². The number of phenols is 5. The van der Waals surface area contributed by atoms with Crippen molar-refractivity contribution in [3.05, 3.63) is 18.2 Å². The van der Waals surface area contributed by atoms with E-state index in [9.17, 15) is 25.5 Å². The highest BCUT2D eigenvalue weighted by molar-refractivity contribution is 6.09. The van der Waals surface area contributed by atoms with Gasteiger partial charge in [-0.3, -0.25) is 0 Å². The van der Waals surface area contributed by atoms with E-state index in [1.165, 1.54) is 18.2 Å². The predicted molar refractivity (Wildman–Crippen MR) is 62.0 cm³/mol. The molecule has 3 aromatic rings. The number of furan rings is 1. The molecule has 0 amide bonds. The van der Waals surface area contributed by atoms with Crippen LogP contribution in [0.1, 0.15) is 0 Å². The van der Waals surface area contributed by atoms with E-state index in [2.05, 4.69) is 0 Å². The first-order chi connectivity index (χ1) is 8.49. The lowest BCUT2D eigenvalue weighted by molar-refractivity contribution is 0.367. The number of aromatic hydroxyl groups is 5. The number of hydrogen-bond acceptors (Lipinski definition) is 6. The molecule has 0 radical (unpaired) electrons. The summed E-state index contributed by atoms with van der Waals surface area (Å²) >= 11 is 0. The van der Waals surface area contributed by atoms with Crippen LogP contribution in [-0.2, 0) is 0 Å². The number of fused-ring (bicyclic) bond motifs is 3. The van der Waals surface area contributed by atoms with E-state index in [0.29, 0.717) is 10.8 Å². The van der Waals surface area contributed by atoms with Gasteiger partial charge in [0.15, 0.2) is 22.8 Å². The van der Waals surface area contributed by atoms with E-state index in [1.807, 2.05) is 0 Å². The van der Waals surface area contributed by atoms with Crippen molar-refractivity contribution in [2.24, 2.45) is 0 Å². The van der Waals surface area contributed by atoms with E-state index in [-0.39, 0.29) is 22.7 Å². The fourth-order valence-corrected chi connectivity index (χ4v) is 1.89. The van der Waals surface area contributed by atoms with Crippen molar-refractivity contribution < 1.29 is 29.9 Å². The summed E-state index contributed by atoms with van der Waals surface area (Å²) in [4.78, 5) is 0. The molecule has 3 rings (SSSR count). The van der Waals surface area contributed by atoms with Crippen LogP contribution in [0.2, 0.25) is 0 Å². The average Bonchev–Trinajstić information content (AvgIpc) is 2.66. The molecule has 0 saturated heterocycles. The Bertz CT molecular complexity index is 786. The van der Waals surface area contributed by atoms with Gasteiger partial charge in [-0.25, -0.2) is 0 Å². The first kappa shape index (κ1) is 10.4. The molecule has 2 aromatic carbocycles. The Hall–Kier alpha value is -2.76. The minimum Gasteiger partial charge on any atom is -0.504 e. The van der Waals surface area contributed by atoms with Crippen LogP contribution in [0, 0.1) is 0 Å². The van der Waals surface area contributed by atoms with Gasteiger partial charge < -0.3 is 29.9 Å². The van der Waals surface area contributed by atoms with Crippen LogP contribution in [0.15, 0.2) is 22.6 Å². The lowest BCUT2D eigenvalue weighted by Crippen LogP contribution is -1.73. The van der Waals surface area contributed by atoms with Gasteiger partial charge in [-0.1, -0.05) is 0 Å². The van der Waals surface area contributed by atoms with E-state index < -0.39 is 17.2 Å². The summed E-state index contributed by atoms with van der Waals surface area (Å²) in [6.07, 6.45) is 0. The molecule has 1 heterocycles. The minimum atomic E-state index is -0.685. The van der Waals surface area contributed by atoms with Crippen LogP contribution in [0.3, 0.4) is 0 Å². The number of phenolic OH excluding ortho intramolecular Hbond substituents is 5. The molecule has 0 unspecified atom stereocenters. The molecule has 0 aliphatic rings. The molecule has 0 spiro atoms. The molecule has 0 aliphatic heterocycles. The lowest BCUT2D eigenvalue weighted by Gasteiger charge is -2.00. The maximum Gasteiger partial charge on any atom is 0.205 e. The highest BCUT2D eigenvalue weighted by Gasteiger charge is 2.18. The second-order valence-corrected chi connectivity index (χ2v) is 3.91. The largest absolute Gasteiger partial charge is 0.504 e. The van der Waals surface area contributed by atoms with Crippen LogP contribution in [0.5, 0.6) is 28.7 Å². The Morgan fingerprint density at radius 3 is 2.00 bits per heavy atom. The third-order valence-corrected chi connectivity index (χ3v) is 2.79. The fraction of sp³-hybridized carbons (Fsp3) is 0. The third kappa shape index (κ3) is 1.17. The fourth-order valence-electron chi connectivity index (χ4n) is 1.89. The van der Waals surface area contributed by atoms with Crippen LogP contribution >= 0.6 is 0 Å². The third-order valence-electron chi connectivity index (χ3n) is 2.79. The Labute approximate surface area is 99.6 Å². The first-order valence-electron chi connectivity index (χ1n) is 5.01. The summed E-state index contributed by atoms with van der Waals surface area (Å²) in [5.74, 6) is -2.50. The smallest absolute Gasteiger partial charge is 0.205 e. The van der Waals surface area contributed by atoms with E-state index in [0.717, 1.165) is 0 Å². The van der Waals surface area contributed by atoms with Crippen LogP contribution in [0.25, 0.3) is 21.9 Å². The molecule has 1 aromatic heterocycles. The quantitative estimate of drug-likeness (QED) is 0.389. The molecule has 18 heavy (non-hydrogen) atoms. The zero-order chi connectivity index (χ0) is 13.0. The highest BCUT2D eigenvalue weighted by atomic mass is 16.4. The van der Waals surface area contributed by atoms with Gasteiger partial charge >= 0.3 is 0 Å². The summed E-state index contributed by atoms with van der Waals surface area (Å²) in [5.41, 5.74) is 0.172. The molecule has 0 atom stereocenters. The van der Waals surface area contributed by atoms with Gasteiger partial charge in [-0.15, -0.1) is 0 Å². The molecule has 0 saturated carbocycles. The Balaban J connectivity index is 2.56. The Kier molecular flexibility index (Phi) is 1.81. The number of hydrogen-bond donors (Lipinski definition) is 5. The monoisotopic (exact) mass is 248 g/mol. The second-order valence-electron chi connectivity index (χ2n) is 3.91. The number of benzene rings is 2. The molecule has 92 valence electrons. The minimum absolute atomic E-state index is 0.0368. The summed E-state index contributed by atoms with van der Waals surface area (Å²) < 4.78 is 5.26. The zero-order valence-corrected chi connectivity index (χ0v) is 8.88. The van der Waals surface area contributed by atoms with Gasteiger partial charge in [0.2, 0.25) is 11.5 Å². The lowest BCUT2D eigenvalue weighted by atomic mass is 10.1. The predicted octanol–water partition coefficient (Wildman–Crippen LogP) is 2.11. The Morgan fingerprint density at radius 1 is 0.667 bits per heavy atom. The summed E-state index contributed by atoms with van der Waals surface area (Å²) in [7, 11) is 0. The van der Waals surface area contributed by atoms with Gasteiger partial charge in [0.1, 0.15) is 5.58 Å². The van der Waals surface area contributed by atoms with Gasteiger partial charge in [0, 0.05) is 16.8 Å². The van der Waals surface area contributed by atoms with Crippen molar-refractivity contribution >= 4 is 21.9 Å². The van der Waals surface area contributed by atoms with Gasteiger partial charge in [0.05, 0.1) is 0 Å². The molecule has 0 bridgehead atoms. The standard InChI is InChI=1S/C12H8O6/c13-6-1-4-5-2-8(15)10(16)11(17)12(5)18-9(4)3-7(6)14/h1-3,13-17H. The average molecular weight is 248 g/mol. The maximum atomic E-state index is 9.65. The van der Waals surface area contributed by atoms with E-state index in [4.69, 9.17) is 4.42 Å². The van der Waals surface area contributed by atoms with Gasteiger partial charge in [0.25, 0.3) is 0 Å². The molecular weight excluding hydrogens is 240 g/mol. The molecule has 6 nitrogen and oxygen atoms in total. The second kappa shape index (κ2) is 3.13. The summed E-state index contributed by atoms with van der Waals surface area (Å²) in [6, 6.07) is 3.62. The molecular formula is C12H8O6. The first-order valence-corrected chi connectivity index (χ1v) is 5.01. The summed E-state index contributed by atoms with van der Waals surface area (Å²) in [5, 5.41) is 47.9. The highest BCUT2D eigenvalue weighted by Crippen LogP contribution is 2.46. The van der Waals surface area contributed by atoms with E-state index >= 15 is 0 Å². The van der Waals surface area contributed by atoms with Crippen LogP contribution < -0.4 is 0 Å². The summed E-state index contributed by atoms with van der Waals surface area (Å²) in [6.45, 7) is 0. The van der Waals surface area contributed by atoms with Crippen LogP contribution in [-0.4, -0.2) is 25.5 Å². The van der Waals surface area contributed by atoms with Crippen molar-refractivity contribution in [1.29, 1.82) is 0 Å². The zero-order valence-electron chi connectivity index (χ0n) is 8.88. The van der Waals surface area contributed by atoms with E-state index in [1.54, 1.807) is 0 Å². The van der Waals surface area contributed by atoms with Crippen molar-refractivity contribution in [1.82, 2.24) is 0 Å². The van der Waals surface area contributed by atoms with Crippen molar-refractivity contribution in [2.75, 3.05) is 0 Å². The van der Waals surface area contributed by atoms with Crippen molar-refractivity contribution in [3.8, 4) is 28.7 Å². The number of rotatable bonds is 0. The van der Waals surface area contributed by atoms with Crippen molar-refractivity contribution in [3.63, 3.8) is 0 Å². The van der Waals surface area contributed by atoms with Gasteiger partial charge in [-0.05, 0) is 12.1 Å². The molecule has 6 heteroatoms. The molecule has 5 N–H and O–H groups in total. The normalized spacial score (nSPS) is 11.3. The Morgan fingerprint density at radius 2 is 1.28 bits per heavy atom. The maximum absolute atomic E-state index is 9.65.